The van der Waals surface area contributed by atoms with Gasteiger partial charge in [0, 0.05) is 17.9 Å². The van der Waals surface area contributed by atoms with Gasteiger partial charge in [-0.1, -0.05) is 35.9 Å². The summed E-state index contributed by atoms with van der Waals surface area (Å²) in [5.74, 6) is -0.300. The average Bonchev–Trinajstić information content (AvgIpc) is 3.10. The van der Waals surface area contributed by atoms with Crippen molar-refractivity contribution in [3.8, 4) is 0 Å². The first-order valence-electron chi connectivity index (χ1n) is 9.45. The van der Waals surface area contributed by atoms with Crippen LogP contribution in [0.15, 0.2) is 54.6 Å². The number of nitrogens with zero attached hydrogens (tertiary/aromatic N) is 2. The quantitative estimate of drug-likeness (QED) is 0.724. The number of amides is 2. The van der Waals surface area contributed by atoms with Crippen molar-refractivity contribution in [2.24, 2.45) is 0 Å². The summed E-state index contributed by atoms with van der Waals surface area (Å²) in [6, 6.07) is 16.9. The van der Waals surface area contributed by atoms with E-state index in [9.17, 15) is 9.59 Å². The van der Waals surface area contributed by atoms with Crippen LogP contribution in [-0.4, -0.2) is 21.4 Å². The van der Waals surface area contributed by atoms with Crippen molar-refractivity contribution in [1.29, 1.82) is 0 Å². The average molecular weight is 374 g/mol. The number of hydrogen-bond acceptors (Lipinski definition) is 3. The lowest BCUT2D eigenvalue weighted by atomic mass is 10.1. The molecule has 0 saturated carbocycles. The van der Waals surface area contributed by atoms with Gasteiger partial charge in [0.2, 0.25) is 0 Å². The highest BCUT2D eigenvalue weighted by Crippen LogP contribution is 2.23. The van der Waals surface area contributed by atoms with E-state index in [1.165, 1.54) is 0 Å². The molecular weight excluding hydrogens is 352 g/mol. The molecule has 2 heterocycles. The number of hydrogen-bond donors (Lipinski definition) is 2. The lowest BCUT2D eigenvalue weighted by Crippen LogP contribution is -2.21. The van der Waals surface area contributed by atoms with Crippen molar-refractivity contribution in [2.45, 2.75) is 32.7 Å². The van der Waals surface area contributed by atoms with Gasteiger partial charge in [0.05, 0.1) is 5.69 Å². The summed E-state index contributed by atoms with van der Waals surface area (Å²) in [4.78, 5) is 30.1. The molecule has 0 atom stereocenters. The third-order valence-electron chi connectivity index (χ3n) is 4.88. The number of benzene rings is 2. The molecule has 3 aromatic rings. The molecule has 0 saturated heterocycles. The number of anilines is 2. The van der Waals surface area contributed by atoms with E-state index in [0.29, 0.717) is 23.6 Å². The molecule has 28 heavy (non-hydrogen) atoms. The van der Waals surface area contributed by atoms with Gasteiger partial charge in [0.1, 0.15) is 0 Å². The minimum Gasteiger partial charge on any atom is -0.323 e. The van der Waals surface area contributed by atoms with Crippen LogP contribution in [0.25, 0.3) is 0 Å². The number of para-hydroxylation sites is 1. The Hall–Kier alpha value is -3.41. The van der Waals surface area contributed by atoms with E-state index in [4.69, 9.17) is 0 Å². The number of aryl methyl sites for hydroxylation is 1. The Kier molecular flexibility index (Phi) is 4.93. The fraction of sp³-hybridized carbons (Fsp3) is 0.227. The van der Waals surface area contributed by atoms with E-state index in [1.807, 2.05) is 66.1 Å². The van der Waals surface area contributed by atoms with Crippen molar-refractivity contribution < 1.29 is 9.59 Å². The first kappa shape index (κ1) is 18.0. The van der Waals surface area contributed by atoms with Gasteiger partial charge < -0.3 is 15.2 Å². The van der Waals surface area contributed by atoms with Crippen molar-refractivity contribution in [1.82, 2.24) is 9.55 Å². The Bertz CT molecular complexity index is 1010. The Labute approximate surface area is 163 Å². The van der Waals surface area contributed by atoms with E-state index >= 15 is 0 Å². The molecule has 2 N–H and O–H groups in total. The normalized spacial score (nSPS) is 12.9. The minimum absolute atomic E-state index is 0.286. The van der Waals surface area contributed by atoms with Crippen LogP contribution in [0.5, 0.6) is 0 Å². The smallest absolute Gasteiger partial charge is 0.291 e. The molecule has 2 amide bonds. The highest BCUT2D eigenvalue weighted by atomic mass is 16.2. The molecule has 0 bridgehead atoms. The highest BCUT2D eigenvalue weighted by molar-refractivity contribution is 6.07. The van der Waals surface area contributed by atoms with Gasteiger partial charge in [-0.15, -0.1) is 0 Å². The molecule has 4 rings (SSSR count). The standard InChI is InChI=1S/C22H22N4O2/c1-15-10-12-17(13-11-15)24-22(28)20-25-19(18-9-5-6-14-26(18)20)21(27)23-16-7-3-2-4-8-16/h2-4,7-8,10-13H,5-6,9,14H2,1H3,(H,23,27)(H,24,28). The number of aromatic nitrogens is 2. The lowest BCUT2D eigenvalue weighted by Gasteiger charge is -2.17. The molecule has 1 aromatic heterocycles. The van der Waals surface area contributed by atoms with Gasteiger partial charge in [-0.25, -0.2) is 4.98 Å². The van der Waals surface area contributed by atoms with Gasteiger partial charge in [-0.05, 0) is 50.5 Å². The zero-order chi connectivity index (χ0) is 19.5. The molecule has 0 aliphatic carbocycles. The largest absolute Gasteiger partial charge is 0.323 e. The number of carbonyl (C=O) groups is 2. The molecule has 142 valence electrons. The first-order valence-corrected chi connectivity index (χ1v) is 9.45. The van der Waals surface area contributed by atoms with Crippen molar-refractivity contribution in [2.75, 3.05) is 10.6 Å². The SMILES string of the molecule is Cc1ccc(NC(=O)c2nc(C(=O)Nc3ccccc3)c3n2CCCC3)cc1. The van der Waals surface area contributed by atoms with Crippen LogP contribution in [0.4, 0.5) is 11.4 Å². The van der Waals surface area contributed by atoms with Crippen molar-refractivity contribution >= 4 is 23.2 Å². The lowest BCUT2D eigenvalue weighted by molar-refractivity contribution is 0.101. The third kappa shape index (κ3) is 3.67. The predicted octanol–water partition coefficient (Wildman–Crippen LogP) is 4.03. The van der Waals surface area contributed by atoms with Crippen LogP contribution in [-0.2, 0) is 13.0 Å². The van der Waals surface area contributed by atoms with Crippen LogP contribution < -0.4 is 10.6 Å². The summed E-state index contributed by atoms with van der Waals surface area (Å²) >= 11 is 0. The van der Waals surface area contributed by atoms with E-state index in [0.717, 1.165) is 30.5 Å². The minimum atomic E-state index is -0.300. The fourth-order valence-electron chi connectivity index (χ4n) is 3.43. The molecule has 0 fully saturated rings. The van der Waals surface area contributed by atoms with Gasteiger partial charge in [-0.2, -0.15) is 0 Å². The van der Waals surface area contributed by atoms with Gasteiger partial charge in [0.25, 0.3) is 11.8 Å². The Morgan fingerprint density at radius 1 is 0.893 bits per heavy atom. The molecule has 1 aliphatic heterocycles. The van der Waals surface area contributed by atoms with E-state index in [2.05, 4.69) is 15.6 Å². The Morgan fingerprint density at radius 2 is 1.57 bits per heavy atom. The summed E-state index contributed by atoms with van der Waals surface area (Å²) in [5, 5.41) is 5.75. The maximum atomic E-state index is 12.8. The summed E-state index contributed by atoms with van der Waals surface area (Å²) < 4.78 is 1.88. The highest BCUT2D eigenvalue weighted by Gasteiger charge is 2.27. The van der Waals surface area contributed by atoms with Crippen LogP contribution in [0.1, 0.15) is 45.2 Å². The van der Waals surface area contributed by atoms with Crippen molar-refractivity contribution in [3.05, 3.63) is 77.4 Å². The molecular formula is C22H22N4O2. The van der Waals surface area contributed by atoms with Crippen LogP contribution in [0.3, 0.4) is 0 Å². The molecule has 1 aliphatic rings. The van der Waals surface area contributed by atoms with E-state index in [1.54, 1.807) is 0 Å². The van der Waals surface area contributed by atoms with E-state index < -0.39 is 0 Å². The Balaban J connectivity index is 1.62. The molecule has 2 aromatic carbocycles. The Morgan fingerprint density at radius 3 is 2.32 bits per heavy atom. The second kappa shape index (κ2) is 7.68. The number of fused-ring (bicyclic) bond motifs is 1. The second-order valence-corrected chi connectivity index (χ2v) is 6.98. The molecule has 6 nitrogen and oxygen atoms in total. The summed E-state index contributed by atoms with van der Waals surface area (Å²) in [6.45, 7) is 2.69. The fourth-order valence-corrected chi connectivity index (χ4v) is 3.43. The molecule has 6 heteroatoms. The number of imidazole rings is 1. The second-order valence-electron chi connectivity index (χ2n) is 6.98. The van der Waals surface area contributed by atoms with Crippen LogP contribution in [0.2, 0.25) is 0 Å². The van der Waals surface area contributed by atoms with Crippen LogP contribution in [0, 0.1) is 6.92 Å². The third-order valence-corrected chi connectivity index (χ3v) is 4.88. The molecule has 0 unspecified atom stereocenters. The monoisotopic (exact) mass is 374 g/mol. The maximum absolute atomic E-state index is 12.8. The first-order chi connectivity index (χ1) is 13.6. The zero-order valence-corrected chi connectivity index (χ0v) is 15.7. The topological polar surface area (TPSA) is 76.0 Å². The van der Waals surface area contributed by atoms with Gasteiger partial charge >= 0.3 is 0 Å². The van der Waals surface area contributed by atoms with Crippen LogP contribution >= 0.6 is 0 Å². The number of carbonyl (C=O) groups excluding carboxylic acids is 2. The summed E-state index contributed by atoms with van der Waals surface area (Å²) in [7, 11) is 0. The van der Waals surface area contributed by atoms with Crippen molar-refractivity contribution in [3.63, 3.8) is 0 Å². The predicted molar refractivity (Wildman–Crippen MR) is 109 cm³/mol. The summed E-state index contributed by atoms with van der Waals surface area (Å²) in [6.07, 6.45) is 2.69. The van der Waals surface area contributed by atoms with Gasteiger partial charge in [-0.3, -0.25) is 9.59 Å². The molecule has 0 spiro atoms. The maximum Gasteiger partial charge on any atom is 0.291 e. The zero-order valence-electron chi connectivity index (χ0n) is 15.7. The number of rotatable bonds is 4. The number of nitrogens with one attached hydrogen (secondary N) is 2. The van der Waals surface area contributed by atoms with Gasteiger partial charge in [0.15, 0.2) is 11.5 Å². The summed E-state index contributed by atoms with van der Waals surface area (Å²) in [5.41, 5.74) is 3.69. The molecule has 0 radical (unpaired) electrons. The van der Waals surface area contributed by atoms with E-state index in [-0.39, 0.29) is 17.6 Å².